The number of halogens is 1. The van der Waals surface area contributed by atoms with Crippen molar-refractivity contribution in [3.8, 4) is 11.3 Å². The van der Waals surface area contributed by atoms with Crippen molar-refractivity contribution in [1.29, 1.82) is 0 Å². The van der Waals surface area contributed by atoms with Crippen molar-refractivity contribution in [3.05, 3.63) is 89.6 Å². The first-order valence-electron chi connectivity index (χ1n) is 8.27. The molecular weight excluding hydrogens is 345 g/mol. The summed E-state index contributed by atoms with van der Waals surface area (Å²) in [5, 5.41) is 10.0. The minimum atomic E-state index is -1.00. The predicted octanol–water partition coefficient (Wildman–Crippen LogP) is 5.50. The standard InChI is InChI=1S/C22H14FNO3/c23-15-7-5-14(6-8-15)21-12-11-17(27-21)10-9-16-13-19(22(25)26)18-3-1-2-4-20(18)24-16/h1-13H,(H,25,26)/b10-9+. The van der Waals surface area contributed by atoms with Crippen LogP contribution < -0.4 is 0 Å². The van der Waals surface area contributed by atoms with E-state index >= 15 is 0 Å². The molecule has 0 bridgehead atoms. The van der Waals surface area contributed by atoms with Crippen molar-refractivity contribution in [2.75, 3.05) is 0 Å². The molecule has 0 amide bonds. The van der Waals surface area contributed by atoms with Crippen molar-refractivity contribution >= 4 is 29.0 Å². The van der Waals surface area contributed by atoms with Crippen LogP contribution in [0.1, 0.15) is 21.8 Å². The smallest absolute Gasteiger partial charge is 0.336 e. The van der Waals surface area contributed by atoms with Gasteiger partial charge in [-0.3, -0.25) is 0 Å². The Labute approximate surface area is 154 Å². The zero-order chi connectivity index (χ0) is 18.8. The van der Waals surface area contributed by atoms with Crippen LogP contribution in [0.25, 0.3) is 34.4 Å². The van der Waals surface area contributed by atoms with Crippen LogP contribution in [0.5, 0.6) is 0 Å². The summed E-state index contributed by atoms with van der Waals surface area (Å²) in [5.74, 6) is -0.101. The largest absolute Gasteiger partial charge is 0.478 e. The Morgan fingerprint density at radius 2 is 1.78 bits per heavy atom. The predicted molar refractivity (Wildman–Crippen MR) is 102 cm³/mol. The molecular formula is C22H14FNO3. The van der Waals surface area contributed by atoms with E-state index in [2.05, 4.69) is 4.98 Å². The first-order chi connectivity index (χ1) is 13.1. The van der Waals surface area contributed by atoms with Crippen LogP contribution in [-0.2, 0) is 0 Å². The first kappa shape index (κ1) is 16.7. The van der Waals surface area contributed by atoms with E-state index in [9.17, 15) is 14.3 Å². The molecule has 0 aliphatic heterocycles. The van der Waals surface area contributed by atoms with Crippen molar-refractivity contribution < 1.29 is 18.7 Å². The van der Waals surface area contributed by atoms with Crippen molar-refractivity contribution in [2.24, 2.45) is 0 Å². The normalized spacial score (nSPS) is 11.3. The average Bonchev–Trinajstić information content (AvgIpc) is 3.15. The van der Waals surface area contributed by atoms with E-state index in [0.717, 1.165) is 5.56 Å². The fraction of sp³-hybridized carbons (Fsp3) is 0. The van der Waals surface area contributed by atoms with E-state index in [1.54, 1.807) is 54.6 Å². The minimum Gasteiger partial charge on any atom is -0.478 e. The number of furan rings is 1. The summed E-state index contributed by atoms with van der Waals surface area (Å²) < 4.78 is 18.8. The fourth-order valence-electron chi connectivity index (χ4n) is 2.84. The van der Waals surface area contributed by atoms with Crippen LogP contribution >= 0.6 is 0 Å². The Bertz CT molecular complexity index is 1160. The van der Waals surface area contributed by atoms with Gasteiger partial charge in [0.15, 0.2) is 0 Å². The molecule has 4 nitrogen and oxygen atoms in total. The van der Waals surface area contributed by atoms with Gasteiger partial charge in [0, 0.05) is 10.9 Å². The van der Waals surface area contributed by atoms with Crippen LogP contribution in [0.4, 0.5) is 4.39 Å². The molecule has 5 heteroatoms. The van der Waals surface area contributed by atoms with Gasteiger partial charge in [-0.05, 0) is 60.7 Å². The number of rotatable bonds is 4. The second kappa shape index (κ2) is 6.88. The van der Waals surface area contributed by atoms with E-state index in [-0.39, 0.29) is 11.4 Å². The molecule has 4 rings (SSSR count). The Hall–Kier alpha value is -3.73. The maximum Gasteiger partial charge on any atom is 0.336 e. The minimum absolute atomic E-state index is 0.201. The average molecular weight is 359 g/mol. The van der Waals surface area contributed by atoms with Gasteiger partial charge in [-0.2, -0.15) is 0 Å². The summed E-state index contributed by atoms with van der Waals surface area (Å²) in [4.78, 5) is 16.0. The highest BCUT2D eigenvalue weighted by molar-refractivity contribution is 6.03. The maximum atomic E-state index is 13.0. The molecule has 0 saturated heterocycles. The van der Waals surface area contributed by atoms with E-state index in [4.69, 9.17) is 4.42 Å². The highest BCUT2D eigenvalue weighted by Gasteiger charge is 2.10. The maximum absolute atomic E-state index is 13.0. The van der Waals surface area contributed by atoms with Crippen LogP contribution in [-0.4, -0.2) is 16.1 Å². The molecule has 2 heterocycles. The number of benzene rings is 2. The lowest BCUT2D eigenvalue weighted by atomic mass is 10.1. The van der Waals surface area contributed by atoms with Gasteiger partial charge < -0.3 is 9.52 Å². The molecule has 0 aliphatic carbocycles. The number of hydrogen-bond acceptors (Lipinski definition) is 3. The third kappa shape index (κ3) is 3.48. The van der Waals surface area contributed by atoms with Gasteiger partial charge in [0.05, 0.1) is 16.8 Å². The summed E-state index contributed by atoms with van der Waals surface area (Å²) in [6, 6.07) is 18.3. The van der Waals surface area contributed by atoms with Gasteiger partial charge in [-0.25, -0.2) is 14.2 Å². The lowest BCUT2D eigenvalue weighted by molar-refractivity contribution is 0.0699. The Kier molecular flexibility index (Phi) is 4.26. The summed E-state index contributed by atoms with van der Waals surface area (Å²) in [5.41, 5.74) is 2.11. The van der Waals surface area contributed by atoms with E-state index in [1.807, 2.05) is 6.07 Å². The van der Waals surface area contributed by atoms with E-state index < -0.39 is 5.97 Å². The molecule has 4 aromatic rings. The van der Waals surface area contributed by atoms with Crippen molar-refractivity contribution in [2.45, 2.75) is 0 Å². The number of hydrogen-bond donors (Lipinski definition) is 1. The third-order valence-corrected chi connectivity index (χ3v) is 4.14. The van der Waals surface area contributed by atoms with Crippen LogP contribution in [0.15, 0.2) is 71.1 Å². The van der Waals surface area contributed by atoms with Gasteiger partial charge in [-0.1, -0.05) is 18.2 Å². The number of para-hydroxylation sites is 1. The van der Waals surface area contributed by atoms with Gasteiger partial charge in [0.2, 0.25) is 0 Å². The molecule has 2 aromatic carbocycles. The summed E-state index contributed by atoms with van der Waals surface area (Å²) in [7, 11) is 0. The SMILES string of the molecule is O=C(O)c1cc(/C=C/c2ccc(-c3ccc(F)cc3)o2)nc2ccccc12. The summed E-state index contributed by atoms with van der Waals surface area (Å²) in [6.45, 7) is 0. The summed E-state index contributed by atoms with van der Waals surface area (Å²) in [6.07, 6.45) is 3.42. The van der Waals surface area contributed by atoms with Crippen LogP contribution in [0.2, 0.25) is 0 Å². The number of fused-ring (bicyclic) bond motifs is 1. The fourth-order valence-corrected chi connectivity index (χ4v) is 2.84. The second-order valence-electron chi connectivity index (χ2n) is 5.96. The molecule has 0 fully saturated rings. The Morgan fingerprint density at radius 1 is 1.00 bits per heavy atom. The van der Waals surface area contributed by atoms with Gasteiger partial charge in [-0.15, -0.1) is 0 Å². The number of pyridine rings is 1. The number of aromatic nitrogens is 1. The molecule has 0 unspecified atom stereocenters. The Morgan fingerprint density at radius 3 is 2.56 bits per heavy atom. The lowest BCUT2D eigenvalue weighted by Gasteiger charge is -2.03. The second-order valence-corrected chi connectivity index (χ2v) is 5.96. The molecule has 0 atom stereocenters. The molecule has 0 aliphatic rings. The highest BCUT2D eigenvalue weighted by atomic mass is 19.1. The number of carbonyl (C=O) groups is 1. The quantitative estimate of drug-likeness (QED) is 0.522. The first-order valence-corrected chi connectivity index (χ1v) is 8.27. The number of carboxylic acid groups (broad SMARTS) is 1. The lowest BCUT2D eigenvalue weighted by Crippen LogP contribution is -2.00. The van der Waals surface area contributed by atoms with Crippen molar-refractivity contribution in [1.82, 2.24) is 4.98 Å². The number of carboxylic acids is 1. The van der Waals surface area contributed by atoms with E-state index in [0.29, 0.717) is 28.1 Å². The molecule has 0 spiro atoms. The zero-order valence-electron chi connectivity index (χ0n) is 14.1. The Balaban J connectivity index is 1.65. The van der Waals surface area contributed by atoms with Crippen LogP contribution in [0, 0.1) is 5.82 Å². The number of nitrogens with zero attached hydrogens (tertiary/aromatic N) is 1. The van der Waals surface area contributed by atoms with Gasteiger partial charge in [0.25, 0.3) is 0 Å². The number of aromatic carboxylic acids is 1. The van der Waals surface area contributed by atoms with Gasteiger partial charge >= 0.3 is 5.97 Å². The zero-order valence-corrected chi connectivity index (χ0v) is 14.1. The van der Waals surface area contributed by atoms with Crippen molar-refractivity contribution in [3.63, 3.8) is 0 Å². The molecule has 0 radical (unpaired) electrons. The molecule has 0 saturated carbocycles. The molecule has 2 aromatic heterocycles. The highest BCUT2D eigenvalue weighted by Crippen LogP contribution is 2.24. The van der Waals surface area contributed by atoms with E-state index in [1.165, 1.54) is 18.2 Å². The molecule has 27 heavy (non-hydrogen) atoms. The van der Waals surface area contributed by atoms with Crippen LogP contribution in [0.3, 0.4) is 0 Å². The topological polar surface area (TPSA) is 63.3 Å². The third-order valence-electron chi connectivity index (χ3n) is 4.14. The summed E-state index contributed by atoms with van der Waals surface area (Å²) >= 11 is 0. The molecule has 1 N–H and O–H groups in total. The van der Waals surface area contributed by atoms with Gasteiger partial charge in [0.1, 0.15) is 17.3 Å². The monoisotopic (exact) mass is 359 g/mol. The molecule has 132 valence electrons.